The van der Waals surface area contributed by atoms with Crippen LogP contribution in [0.15, 0.2) is 70.6 Å². The fourth-order valence-corrected chi connectivity index (χ4v) is 4.40. The lowest BCUT2D eigenvalue weighted by molar-refractivity contribution is -0.113. The SMILES string of the molecule is COc1cc(/C=C2/SC(=Nc3ccc(C)cc3)N(c3ccc(C)cc3)C2=O)cc(Cl)c1O. The van der Waals surface area contributed by atoms with E-state index in [-0.39, 0.29) is 22.4 Å². The fourth-order valence-electron chi connectivity index (χ4n) is 3.18. The van der Waals surface area contributed by atoms with Gasteiger partial charge < -0.3 is 9.84 Å². The number of halogens is 1. The Morgan fingerprint density at radius 2 is 1.66 bits per heavy atom. The van der Waals surface area contributed by atoms with Crippen LogP contribution in [-0.4, -0.2) is 23.3 Å². The van der Waals surface area contributed by atoms with Gasteiger partial charge in [0.1, 0.15) is 0 Å². The number of phenolic OH excluding ortho intramolecular Hbond substituents is 1. The summed E-state index contributed by atoms with van der Waals surface area (Å²) in [4.78, 5) is 20.2. The Balaban J connectivity index is 1.78. The Bertz CT molecular complexity index is 1240. The molecule has 5 nitrogen and oxygen atoms in total. The minimum Gasteiger partial charge on any atom is -0.503 e. The number of thioether (sulfide) groups is 1. The molecule has 4 rings (SSSR count). The van der Waals surface area contributed by atoms with Gasteiger partial charge in [0.2, 0.25) is 0 Å². The summed E-state index contributed by atoms with van der Waals surface area (Å²) in [5.74, 6) is -0.0822. The number of rotatable bonds is 4. The van der Waals surface area contributed by atoms with E-state index in [4.69, 9.17) is 21.3 Å². The predicted molar refractivity (Wildman–Crippen MR) is 132 cm³/mol. The normalized spacial score (nSPS) is 16.2. The molecule has 0 radical (unpaired) electrons. The molecule has 1 amide bonds. The van der Waals surface area contributed by atoms with E-state index in [2.05, 4.69) is 0 Å². The van der Waals surface area contributed by atoms with Crippen LogP contribution < -0.4 is 9.64 Å². The van der Waals surface area contributed by atoms with Gasteiger partial charge in [-0.15, -0.1) is 0 Å². The second-order valence-electron chi connectivity index (χ2n) is 7.37. The molecule has 0 atom stereocenters. The molecule has 162 valence electrons. The van der Waals surface area contributed by atoms with Crippen molar-refractivity contribution in [3.63, 3.8) is 0 Å². The monoisotopic (exact) mass is 464 g/mol. The van der Waals surface area contributed by atoms with Crippen molar-refractivity contribution in [3.05, 3.63) is 87.3 Å². The number of ether oxygens (including phenoxy) is 1. The van der Waals surface area contributed by atoms with Crippen molar-refractivity contribution < 1.29 is 14.6 Å². The zero-order chi connectivity index (χ0) is 22.8. The van der Waals surface area contributed by atoms with Gasteiger partial charge in [0.25, 0.3) is 5.91 Å². The van der Waals surface area contributed by atoms with E-state index in [1.165, 1.54) is 18.9 Å². The second-order valence-corrected chi connectivity index (χ2v) is 8.79. The van der Waals surface area contributed by atoms with Gasteiger partial charge in [-0.2, -0.15) is 0 Å². The molecule has 1 N–H and O–H groups in total. The highest BCUT2D eigenvalue weighted by Crippen LogP contribution is 2.40. The van der Waals surface area contributed by atoms with Crippen LogP contribution in [-0.2, 0) is 4.79 Å². The van der Waals surface area contributed by atoms with Gasteiger partial charge >= 0.3 is 0 Å². The smallest absolute Gasteiger partial charge is 0.271 e. The first-order valence-electron chi connectivity index (χ1n) is 9.88. The molecule has 1 heterocycles. The van der Waals surface area contributed by atoms with Gasteiger partial charge in [-0.3, -0.25) is 9.69 Å². The number of anilines is 1. The zero-order valence-corrected chi connectivity index (χ0v) is 19.4. The van der Waals surface area contributed by atoms with Crippen molar-refractivity contribution in [2.24, 2.45) is 4.99 Å². The summed E-state index contributed by atoms with van der Waals surface area (Å²) in [5.41, 5.74) is 4.38. The zero-order valence-electron chi connectivity index (χ0n) is 17.8. The average Bonchev–Trinajstić information content (AvgIpc) is 3.07. The third-order valence-corrected chi connectivity index (χ3v) is 6.18. The number of carbonyl (C=O) groups excluding carboxylic acids is 1. The first-order chi connectivity index (χ1) is 15.4. The van der Waals surface area contributed by atoms with E-state index in [1.54, 1.807) is 23.1 Å². The number of benzene rings is 3. The Morgan fingerprint density at radius 3 is 2.28 bits per heavy atom. The van der Waals surface area contributed by atoms with Gasteiger partial charge in [-0.25, -0.2) is 4.99 Å². The maximum atomic E-state index is 13.4. The number of aromatic hydroxyl groups is 1. The van der Waals surface area contributed by atoms with E-state index in [0.29, 0.717) is 15.6 Å². The number of aryl methyl sites for hydroxylation is 2. The van der Waals surface area contributed by atoms with Crippen LogP contribution in [0.4, 0.5) is 11.4 Å². The predicted octanol–water partition coefficient (Wildman–Crippen LogP) is 6.48. The summed E-state index contributed by atoms with van der Waals surface area (Å²) >= 11 is 7.41. The third kappa shape index (κ3) is 4.52. The molecule has 0 saturated carbocycles. The number of amides is 1. The quantitative estimate of drug-likeness (QED) is 0.449. The largest absolute Gasteiger partial charge is 0.503 e. The number of nitrogens with zero attached hydrogens (tertiary/aromatic N) is 2. The topological polar surface area (TPSA) is 62.1 Å². The maximum absolute atomic E-state index is 13.4. The molecule has 1 aliphatic heterocycles. The second kappa shape index (κ2) is 9.10. The Morgan fingerprint density at radius 1 is 1.03 bits per heavy atom. The molecule has 0 aromatic heterocycles. The minimum atomic E-state index is -0.187. The highest BCUT2D eigenvalue weighted by Gasteiger charge is 2.34. The average molecular weight is 465 g/mol. The summed E-state index contributed by atoms with van der Waals surface area (Å²) < 4.78 is 5.18. The first-order valence-corrected chi connectivity index (χ1v) is 11.1. The minimum absolute atomic E-state index is 0.135. The summed E-state index contributed by atoms with van der Waals surface area (Å²) in [7, 11) is 1.45. The lowest BCUT2D eigenvalue weighted by atomic mass is 10.1. The van der Waals surface area contributed by atoms with Gasteiger partial charge in [-0.1, -0.05) is 47.0 Å². The summed E-state index contributed by atoms with van der Waals surface area (Å²) in [6.45, 7) is 4.01. The van der Waals surface area contributed by atoms with Crippen molar-refractivity contribution in [2.45, 2.75) is 13.8 Å². The number of aliphatic imine (C=N–C) groups is 1. The highest BCUT2D eigenvalue weighted by atomic mass is 35.5. The Kier molecular flexibility index (Phi) is 6.26. The van der Waals surface area contributed by atoms with E-state index < -0.39 is 0 Å². The molecule has 1 fully saturated rings. The molecular formula is C25H21ClN2O3S. The molecule has 7 heteroatoms. The highest BCUT2D eigenvalue weighted by molar-refractivity contribution is 8.19. The van der Waals surface area contributed by atoms with Crippen molar-refractivity contribution in [3.8, 4) is 11.5 Å². The first kappa shape index (κ1) is 22.0. The Hall–Kier alpha value is -3.22. The molecule has 0 bridgehead atoms. The van der Waals surface area contributed by atoms with Crippen LogP contribution in [0.25, 0.3) is 6.08 Å². The van der Waals surface area contributed by atoms with Gasteiger partial charge in [-0.05, 0) is 73.6 Å². The van der Waals surface area contributed by atoms with Crippen molar-refractivity contribution in [2.75, 3.05) is 12.0 Å². The molecule has 0 aliphatic carbocycles. The molecule has 0 unspecified atom stereocenters. The third-order valence-electron chi connectivity index (χ3n) is 4.93. The van der Waals surface area contributed by atoms with Gasteiger partial charge in [0.05, 0.1) is 28.4 Å². The van der Waals surface area contributed by atoms with Crippen LogP contribution >= 0.6 is 23.4 Å². The van der Waals surface area contributed by atoms with E-state index in [1.807, 2.05) is 62.4 Å². The van der Waals surface area contributed by atoms with E-state index in [9.17, 15) is 9.90 Å². The van der Waals surface area contributed by atoms with Crippen LogP contribution in [0.5, 0.6) is 11.5 Å². The number of hydrogen-bond acceptors (Lipinski definition) is 5. The van der Waals surface area contributed by atoms with Crippen LogP contribution in [0.2, 0.25) is 5.02 Å². The standard InChI is InChI=1S/C25H21ClN2O3S/c1-15-4-8-18(9-5-15)27-25-28(19-10-6-16(2)7-11-19)24(30)22(32-25)14-17-12-20(26)23(29)21(13-17)31-3/h4-14,29H,1-3H3/b22-14+,27-25?. The summed E-state index contributed by atoms with van der Waals surface area (Å²) in [6.07, 6.45) is 1.72. The fraction of sp³-hybridized carbons (Fsp3) is 0.120. The summed E-state index contributed by atoms with van der Waals surface area (Å²) in [5, 5.41) is 10.7. The van der Waals surface area contributed by atoms with E-state index >= 15 is 0 Å². The number of amidine groups is 1. The lowest BCUT2D eigenvalue weighted by Crippen LogP contribution is -2.28. The van der Waals surface area contributed by atoms with Crippen molar-refractivity contribution in [1.29, 1.82) is 0 Å². The molecule has 32 heavy (non-hydrogen) atoms. The van der Waals surface area contributed by atoms with Gasteiger partial charge in [0, 0.05) is 0 Å². The van der Waals surface area contributed by atoms with Crippen molar-refractivity contribution in [1.82, 2.24) is 0 Å². The van der Waals surface area contributed by atoms with E-state index in [0.717, 1.165) is 22.5 Å². The molecule has 1 saturated heterocycles. The molecule has 1 aliphatic rings. The number of carbonyl (C=O) groups is 1. The number of hydrogen-bond donors (Lipinski definition) is 1. The molecular weight excluding hydrogens is 444 g/mol. The molecule has 3 aromatic carbocycles. The van der Waals surface area contributed by atoms with Crippen LogP contribution in [0.3, 0.4) is 0 Å². The maximum Gasteiger partial charge on any atom is 0.271 e. The molecule has 0 spiro atoms. The van der Waals surface area contributed by atoms with Gasteiger partial charge in [0.15, 0.2) is 16.7 Å². The number of methoxy groups -OCH3 is 1. The lowest BCUT2D eigenvalue weighted by Gasteiger charge is -2.16. The van der Waals surface area contributed by atoms with Crippen molar-refractivity contribution >= 4 is 51.9 Å². The number of phenols is 1. The molecule has 3 aromatic rings. The van der Waals surface area contributed by atoms with Crippen LogP contribution in [0.1, 0.15) is 16.7 Å². The summed E-state index contributed by atoms with van der Waals surface area (Å²) in [6, 6.07) is 18.8. The van der Waals surface area contributed by atoms with Crippen LogP contribution in [0, 0.1) is 13.8 Å². The Labute approximate surface area is 196 Å².